The van der Waals surface area contributed by atoms with Crippen LogP contribution in [0.25, 0.3) is 38.8 Å². The van der Waals surface area contributed by atoms with Crippen LogP contribution in [0.3, 0.4) is 0 Å². The molecular formula is C50H45FIrN3. The molecular weight excluding hydrogens is 854 g/mol. The Morgan fingerprint density at radius 2 is 1.33 bits per heavy atom. The minimum Gasteiger partial charge on any atom is -0.661 e. The number of fused-ring (bicyclic) bond motifs is 1. The Morgan fingerprint density at radius 3 is 1.95 bits per heavy atom. The van der Waals surface area contributed by atoms with Crippen molar-refractivity contribution in [3.8, 4) is 33.5 Å². The number of pyridine rings is 1. The van der Waals surface area contributed by atoms with Gasteiger partial charge in [-0.25, -0.2) is 0 Å². The summed E-state index contributed by atoms with van der Waals surface area (Å²) in [5, 5.41) is 5.19. The van der Waals surface area contributed by atoms with Crippen LogP contribution >= 0.6 is 0 Å². The minimum atomic E-state index is -2.58. The van der Waals surface area contributed by atoms with E-state index in [1.807, 2.05) is 12.1 Å². The van der Waals surface area contributed by atoms with Crippen molar-refractivity contribution in [1.82, 2.24) is 4.98 Å². The molecule has 1 unspecified atom stereocenters. The van der Waals surface area contributed by atoms with Gasteiger partial charge in [0, 0.05) is 31.6 Å². The third-order valence-corrected chi connectivity index (χ3v) is 9.59. The van der Waals surface area contributed by atoms with Crippen LogP contribution in [0.5, 0.6) is 0 Å². The third kappa shape index (κ3) is 8.65. The maximum Gasteiger partial charge on any atom is 3.00 e. The largest absolute Gasteiger partial charge is 3.00 e. The second kappa shape index (κ2) is 17.4. The Kier molecular flexibility index (Phi) is 10.1. The first kappa shape index (κ1) is 31.9. The molecule has 6 aromatic carbocycles. The number of hydrogen-bond acceptors (Lipinski definition) is 2. The Labute approximate surface area is 348 Å². The Bertz CT molecular complexity index is 2530. The molecule has 0 saturated carbocycles. The van der Waals surface area contributed by atoms with Crippen LogP contribution in [0.1, 0.15) is 81.7 Å². The molecule has 0 radical (unpaired) electrons. The molecule has 0 bridgehead atoms. The molecule has 55 heavy (non-hydrogen) atoms. The van der Waals surface area contributed by atoms with Gasteiger partial charge in [-0.3, -0.25) is 4.39 Å². The zero-order valence-corrected chi connectivity index (χ0v) is 33.5. The van der Waals surface area contributed by atoms with Gasteiger partial charge in [0.15, 0.2) is 0 Å². The molecule has 5 heteroatoms. The average molecular weight is 905 g/mol. The molecule has 0 amide bonds. The van der Waals surface area contributed by atoms with E-state index in [1.165, 1.54) is 57.3 Å². The van der Waals surface area contributed by atoms with Gasteiger partial charge in [-0.2, -0.15) is 35.9 Å². The number of aromatic nitrogens is 1. The van der Waals surface area contributed by atoms with Gasteiger partial charge in [0.25, 0.3) is 0 Å². The fourth-order valence-electron chi connectivity index (χ4n) is 6.78. The average Bonchev–Trinajstić information content (AvgIpc) is 3.63. The van der Waals surface area contributed by atoms with Crippen molar-refractivity contribution in [3.63, 3.8) is 0 Å². The Morgan fingerprint density at radius 1 is 0.691 bits per heavy atom. The van der Waals surface area contributed by atoms with Crippen LogP contribution in [0.15, 0.2) is 146 Å². The van der Waals surface area contributed by atoms with Crippen molar-refractivity contribution in [2.45, 2.75) is 59.4 Å². The Balaban J connectivity index is 0.000000240. The summed E-state index contributed by atoms with van der Waals surface area (Å²) in [7, 11) is 0. The van der Waals surface area contributed by atoms with Gasteiger partial charge in [-0.05, 0) is 94.5 Å². The molecule has 0 saturated heterocycles. The smallest absolute Gasteiger partial charge is 0.661 e. The fourth-order valence-corrected chi connectivity index (χ4v) is 6.78. The summed E-state index contributed by atoms with van der Waals surface area (Å²) >= 11 is 0. The first-order valence-corrected chi connectivity index (χ1v) is 18.2. The van der Waals surface area contributed by atoms with Crippen LogP contribution in [0.2, 0.25) is 0 Å². The number of hydrogen-bond donors (Lipinski definition) is 0. The van der Waals surface area contributed by atoms with Crippen LogP contribution in [0, 0.1) is 31.7 Å². The van der Waals surface area contributed by atoms with Crippen LogP contribution in [-0.2, 0) is 20.1 Å². The van der Waals surface area contributed by atoms with Crippen molar-refractivity contribution >= 4 is 17.1 Å². The van der Waals surface area contributed by atoms with Gasteiger partial charge in [-0.1, -0.05) is 112 Å². The van der Waals surface area contributed by atoms with E-state index in [0.717, 1.165) is 29.2 Å². The van der Waals surface area contributed by atoms with E-state index in [9.17, 15) is 4.39 Å². The molecule has 1 aliphatic rings. The van der Waals surface area contributed by atoms with E-state index in [0.29, 0.717) is 17.4 Å². The standard InChI is InChI=1S/C37H34N2.C13H11FN.Ir/c1-25(2)32-23-31(29-21-19-28(20-22-29)27-13-7-5-8-14-27)24-33(26(3)4)36(32)39-35-18-12-11-17-34(35)38-37(39)30-15-9-6-10-16-30;1-9-7-13(15-8-10(9)2)11-3-5-12(14)6-4-11;/h5-15,17-26,37H,1-4H3;3,5-8H,1-2H3;/q-2;-1;+3/i;1D3,2D3;. The van der Waals surface area contributed by atoms with E-state index < -0.39 is 19.5 Å². The van der Waals surface area contributed by atoms with E-state index in [1.54, 1.807) is 0 Å². The van der Waals surface area contributed by atoms with E-state index in [4.69, 9.17) is 13.5 Å². The molecule has 0 aliphatic carbocycles. The molecule has 0 fully saturated rings. The van der Waals surface area contributed by atoms with Crippen molar-refractivity contribution in [2.24, 2.45) is 0 Å². The second-order valence-electron chi connectivity index (χ2n) is 14.0. The summed E-state index contributed by atoms with van der Waals surface area (Å²) in [6.45, 7) is 4.05. The van der Waals surface area contributed by atoms with Crippen molar-refractivity contribution < 1.29 is 32.7 Å². The van der Waals surface area contributed by atoms with Gasteiger partial charge >= 0.3 is 20.1 Å². The van der Waals surface area contributed by atoms with Gasteiger partial charge in [0.2, 0.25) is 0 Å². The summed E-state index contributed by atoms with van der Waals surface area (Å²) in [6, 6.07) is 52.1. The molecule has 7 aromatic rings. The minimum absolute atomic E-state index is 0. The number of benzene rings is 6. The van der Waals surface area contributed by atoms with Crippen LogP contribution < -0.4 is 4.90 Å². The number of para-hydroxylation sites is 2. The normalized spacial score (nSPS) is 15.2. The van der Waals surface area contributed by atoms with Gasteiger partial charge < -0.3 is 15.2 Å². The summed E-state index contributed by atoms with van der Waals surface area (Å²) in [5.41, 5.74) is 12.2. The fraction of sp³-hybridized carbons (Fsp3) is 0.180. The second-order valence-corrected chi connectivity index (χ2v) is 14.0. The summed E-state index contributed by atoms with van der Waals surface area (Å²) in [6.07, 6.45) is 0.885. The number of halogens is 1. The quantitative estimate of drug-likeness (QED) is 0.149. The van der Waals surface area contributed by atoms with E-state index in [2.05, 4.69) is 153 Å². The van der Waals surface area contributed by atoms with Gasteiger partial charge in [0.05, 0.1) is 0 Å². The molecule has 0 N–H and O–H groups in total. The molecule has 1 atom stereocenters. The molecule has 0 spiro atoms. The van der Waals surface area contributed by atoms with Crippen molar-refractivity contribution in [1.29, 1.82) is 0 Å². The molecule has 1 aliphatic heterocycles. The predicted molar refractivity (Wildman–Crippen MR) is 223 cm³/mol. The molecule has 2 heterocycles. The first-order chi connectivity index (χ1) is 28.6. The third-order valence-electron chi connectivity index (χ3n) is 9.59. The molecule has 1 aromatic heterocycles. The summed E-state index contributed by atoms with van der Waals surface area (Å²) in [5.74, 6) is 0.206. The predicted octanol–water partition coefficient (Wildman–Crippen LogP) is 14.2. The summed E-state index contributed by atoms with van der Waals surface area (Å²) in [4.78, 5) is 6.41. The monoisotopic (exact) mass is 905 g/mol. The number of aryl methyl sites for hydroxylation is 2. The zero-order chi connectivity index (χ0) is 42.8. The van der Waals surface area contributed by atoms with Crippen molar-refractivity contribution in [3.05, 3.63) is 197 Å². The van der Waals surface area contributed by atoms with Crippen LogP contribution in [0.4, 0.5) is 21.5 Å². The van der Waals surface area contributed by atoms with Crippen molar-refractivity contribution in [2.75, 3.05) is 4.90 Å². The maximum atomic E-state index is 12.9. The Hall–Kier alpha value is -5.35. The number of anilines is 2. The molecule has 3 nitrogen and oxygen atoms in total. The maximum absolute atomic E-state index is 12.9. The molecule has 276 valence electrons. The first-order valence-electron chi connectivity index (χ1n) is 21.2. The van der Waals surface area contributed by atoms with E-state index >= 15 is 0 Å². The van der Waals surface area contributed by atoms with Gasteiger partial charge in [0.1, 0.15) is 0 Å². The number of nitrogens with zero attached hydrogens (tertiary/aromatic N) is 3. The van der Waals surface area contributed by atoms with E-state index in [-0.39, 0.29) is 43.1 Å². The zero-order valence-electron chi connectivity index (χ0n) is 37.1. The van der Waals surface area contributed by atoms with Crippen LogP contribution in [-0.4, -0.2) is 4.98 Å². The topological polar surface area (TPSA) is 30.2 Å². The summed E-state index contributed by atoms with van der Waals surface area (Å²) < 4.78 is 57.4. The molecule has 8 rings (SSSR count). The SMILES string of the molecule is CC(C)c1cc(-c2ccc(-c3ccccc3)cc2)cc(C(C)C)c1N1c2ccccc2[N-]C1c1[c-]cccc1.[2H]C([2H])([2H])c1cnc(-c2[c-]cc(F)cc2)cc1C([2H])([2H])[2H].[Ir+3]. The number of rotatable bonds is 7. The van der Waals surface area contributed by atoms with Gasteiger partial charge in [-0.15, -0.1) is 35.5 Å².